The maximum absolute atomic E-state index is 14.6. The van der Waals surface area contributed by atoms with Crippen LogP contribution in [0.15, 0.2) is 84.9 Å². The predicted molar refractivity (Wildman–Crippen MR) is 191 cm³/mol. The van der Waals surface area contributed by atoms with E-state index >= 15 is 0 Å². The number of aryl methyl sites for hydroxylation is 1. The van der Waals surface area contributed by atoms with Crippen molar-refractivity contribution in [1.82, 2.24) is 40.8 Å². The molecule has 4 amide bonds. The number of benzene rings is 2. The SMILES string of the molecule is CNCC(C=O)(NC(=O)C1CN(C(=O)C2CN(C(=O)c3nccn3C)CC2c2ccccc2)CCC1NC(=O)CC1=CC(C)NO1)c1ccccc1. The van der Waals surface area contributed by atoms with Crippen LogP contribution in [0.3, 0.4) is 0 Å². The van der Waals surface area contributed by atoms with Crippen molar-refractivity contribution >= 4 is 29.9 Å². The first-order valence-corrected chi connectivity index (χ1v) is 17.6. The third-order valence-electron chi connectivity index (χ3n) is 10.2. The number of nitrogens with one attached hydrogen (secondary N) is 4. The Morgan fingerprint density at radius 1 is 1.00 bits per heavy atom. The standard InChI is InChI=1S/C38H46N8O6/c1-25-18-28(52-43-25)19-33(48)41-32-14-16-45(22-31(32)35(49)42-38(24-47,23-39-2)27-12-8-5-9-13-27)36(50)30-21-46(37(51)34-40-15-17-44(34)3)20-29(30)26-10-6-4-7-11-26/h4-13,15,17-18,24-25,29-32,39,43H,14,16,19-23H2,1-3H3,(H,41,48)(H,42,49). The van der Waals surface area contributed by atoms with E-state index in [2.05, 4.69) is 26.4 Å². The molecule has 4 N–H and O–H groups in total. The molecule has 14 nitrogen and oxygen atoms in total. The minimum Gasteiger partial charge on any atom is -0.412 e. The number of aldehydes is 1. The molecule has 0 aliphatic carbocycles. The van der Waals surface area contributed by atoms with Crippen molar-refractivity contribution in [3.63, 3.8) is 0 Å². The summed E-state index contributed by atoms with van der Waals surface area (Å²) < 4.78 is 1.66. The molecule has 3 aliphatic heterocycles. The molecule has 6 rings (SSSR count). The first-order chi connectivity index (χ1) is 25.1. The molecule has 1 aromatic heterocycles. The molecule has 52 heavy (non-hydrogen) atoms. The van der Waals surface area contributed by atoms with Crippen LogP contribution in [0.5, 0.6) is 0 Å². The smallest absolute Gasteiger partial charge is 0.289 e. The van der Waals surface area contributed by atoms with Crippen molar-refractivity contribution in [2.45, 2.75) is 43.3 Å². The number of rotatable bonds is 12. The number of piperidine rings is 1. The van der Waals surface area contributed by atoms with Crippen LogP contribution in [0.2, 0.25) is 0 Å². The lowest BCUT2D eigenvalue weighted by molar-refractivity contribution is -0.141. The minimum absolute atomic E-state index is 0.00199. The Balaban J connectivity index is 1.26. The average molecular weight is 711 g/mol. The summed E-state index contributed by atoms with van der Waals surface area (Å²) in [5.41, 5.74) is 2.93. The summed E-state index contributed by atoms with van der Waals surface area (Å²) in [4.78, 5) is 81.6. The molecule has 0 spiro atoms. The number of carbonyl (C=O) groups excluding carboxylic acids is 5. The summed E-state index contributed by atoms with van der Waals surface area (Å²) in [6.07, 6.45) is 6.08. The second-order valence-electron chi connectivity index (χ2n) is 13.8. The van der Waals surface area contributed by atoms with E-state index in [1.807, 2.05) is 49.4 Å². The fraction of sp³-hybridized carbons (Fsp3) is 0.421. The van der Waals surface area contributed by atoms with E-state index in [0.29, 0.717) is 30.6 Å². The highest BCUT2D eigenvalue weighted by Gasteiger charge is 2.46. The molecular formula is C38H46N8O6. The molecule has 274 valence electrons. The van der Waals surface area contributed by atoms with Gasteiger partial charge in [0.1, 0.15) is 11.3 Å². The highest BCUT2D eigenvalue weighted by molar-refractivity contribution is 5.93. The fourth-order valence-electron chi connectivity index (χ4n) is 7.51. The maximum atomic E-state index is 14.6. The molecule has 2 fully saturated rings. The number of nitrogens with zero attached hydrogens (tertiary/aromatic N) is 4. The van der Waals surface area contributed by atoms with Gasteiger partial charge in [0.25, 0.3) is 5.91 Å². The number of aromatic nitrogens is 2. The molecule has 3 aromatic rings. The zero-order valence-electron chi connectivity index (χ0n) is 29.7. The Morgan fingerprint density at radius 2 is 1.71 bits per heavy atom. The van der Waals surface area contributed by atoms with Crippen LogP contribution in [0.1, 0.15) is 47.4 Å². The van der Waals surface area contributed by atoms with E-state index in [0.717, 1.165) is 5.56 Å². The zero-order valence-corrected chi connectivity index (χ0v) is 29.7. The number of hydroxylamine groups is 1. The van der Waals surface area contributed by atoms with E-state index in [1.165, 1.54) is 0 Å². The number of amides is 4. The van der Waals surface area contributed by atoms with Crippen LogP contribution in [0, 0.1) is 11.8 Å². The monoisotopic (exact) mass is 710 g/mol. The van der Waals surface area contributed by atoms with Crippen LogP contribution in [0.25, 0.3) is 0 Å². The molecule has 14 heteroatoms. The Labute approximate surface area is 302 Å². The highest BCUT2D eigenvalue weighted by Crippen LogP contribution is 2.36. The van der Waals surface area contributed by atoms with Gasteiger partial charge in [0.2, 0.25) is 17.7 Å². The first kappa shape index (κ1) is 36.5. The van der Waals surface area contributed by atoms with E-state index in [1.54, 1.807) is 65.1 Å². The van der Waals surface area contributed by atoms with E-state index in [4.69, 9.17) is 4.84 Å². The van der Waals surface area contributed by atoms with Crippen LogP contribution >= 0.6 is 0 Å². The lowest BCUT2D eigenvalue weighted by Gasteiger charge is -2.41. The zero-order chi connectivity index (χ0) is 36.8. The largest absolute Gasteiger partial charge is 0.412 e. The van der Waals surface area contributed by atoms with Gasteiger partial charge in [0, 0.05) is 64.1 Å². The lowest BCUT2D eigenvalue weighted by atomic mass is 9.84. The molecular weight excluding hydrogens is 664 g/mol. The molecule has 3 aliphatic rings. The van der Waals surface area contributed by atoms with Crippen molar-refractivity contribution in [2.75, 3.05) is 39.8 Å². The third kappa shape index (κ3) is 7.77. The molecule has 2 aromatic carbocycles. The molecule has 0 saturated carbocycles. The van der Waals surface area contributed by atoms with Gasteiger partial charge in [-0.25, -0.2) is 4.98 Å². The average Bonchev–Trinajstić information content (AvgIpc) is 3.91. The van der Waals surface area contributed by atoms with Gasteiger partial charge in [0.15, 0.2) is 12.1 Å². The fourth-order valence-corrected chi connectivity index (χ4v) is 7.51. The van der Waals surface area contributed by atoms with E-state index in [-0.39, 0.29) is 68.1 Å². The summed E-state index contributed by atoms with van der Waals surface area (Å²) in [6, 6.07) is 17.9. The van der Waals surface area contributed by atoms with Crippen molar-refractivity contribution in [3.8, 4) is 0 Å². The molecule has 6 unspecified atom stereocenters. The number of likely N-dealkylation sites (N-methyl/N-ethyl adjacent to an activating group) is 1. The molecule has 4 heterocycles. The Morgan fingerprint density at radius 3 is 2.35 bits per heavy atom. The quantitative estimate of drug-likeness (QED) is 0.202. The van der Waals surface area contributed by atoms with Crippen LogP contribution in [-0.2, 0) is 36.6 Å². The summed E-state index contributed by atoms with van der Waals surface area (Å²) in [5.74, 6) is -2.23. The normalized spacial score (nSPS) is 24.0. The predicted octanol–water partition coefficient (Wildman–Crippen LogP) is 1.24. The number of hydrogen-bond acceptors (Lipinski definition) is 9. The van der Waals surface area contributed by atoms with Gasteiger partial charge in [-0.2, -0.15) is 5.48 Å². The first-order valence-electron chi connectivity index (χ1n) is 17.6. The van der Waals surface area contributed by atoms with Crippen molar-refractivity contribution in [3.05, 3.63) is 102 Å². The number of hydrogen-bond donors (Lipinski definition) is 4. The second-order valence-corrected chi connectivity index (χ2v) is 13.8. The van der Waals surface area contributed by atoms with Gasteiger partial charge in [-0.05, 0) is 37.6 Å². The Hall–Kier alpha value is -5.34. The Bertz CT molecular complexity index is 1800. The summed E-state index contributed by atoms with van der Waals surface area (Å²) in [7, 11) is 3.45. The maximum Gasteiger partial charge on any atom is 0.289 e. The van der Waals surface area contributed by atoms with Gasteiger partial charge in [-0.15, -0.1) is 0 Å². The molecule has 2 saturated heterocycles. The highest BCUT2D eigenvalue weighted by atomic mass is 16.7. The van der Waals surface area contributed by atoms with Crippen molar-refractivity contribution in [1.29, 1.82) is 0 Å². The van der Waals surface area contributed by atoms with Crippen LogP contribution in [-0.4, -0.2) is 101 Å². The van der Waals surface area contributed by atoms with Crippen molar-refractivity contribution < 1.29 is 28.8 Å². The third-order valence-corrected chi connectivity index (χ3v) is 10.2. The van der Waals surface area contributed by atoms with E-state index < -0.39 is 29.3 Å². The van der Waals surface area contributed by atoms with Gasteiger partial charge in [-0.3, -0.25) is 19.2 Å². The Kier molecular flexibility index (Phi) is 11.2. The number of carbonyl (C=O) groups is 5. The molecule has 6 atom stereocenters. The van der Waals surface area contributed by atoms with Crippen LogP contribution < -0.4 is 21.4 Å². The van der Waals surface area contributed by atoms with Crippen molar-refractivity contribution in [2.24, 2.45) is 18.9 Å². The number of imidazole rings is 1. The topological polar surface area (TPSA) is 167 Å². The summed E-state index contributed by atoms with van der Waals surface area (Å²) in [6.45, 7) is 2.82. The summed E-state index contributed by atoms with van der Waals surface area (Å²) in [5, 5.41) is 9.03. The van der Waals surface area contributed by atoms with Gasteiger partial charge < -0.3 is 39.9 Å². The van der Waals surface area contributed by atoms with E-state index in [9.17, 15) is 24.0 Å². The molecule has 0 radical (unpaired) electrons. The van der Waals surface area contributed by atoms with Gasteiger partial charge in [0.05, 0.1) is 24.3 Å². The molecule has 0 bridgehead atoms. The lowest BCUT2D eigenvalue weighted by Crippen LogP contribution is -2.61. The van der Waals surface area contributed by atoms with Crippen LogP contribution in [0.4, 0.5) is 0 Å². The summed E-state index contributed by atoms with van der Waals surface area (Å²) >= 11 is 0. The minimum atomic E-state index is -1.39. The van der Waals surface area contributed by atoms with Gasteiger partial charge >= 0.3 is 0 Å². The number of likely N-dealkylation sites (tertiary alicyclic amines) is 2. The second kappa shape index (κ2) is 15.9. The van der Waals surface area contributed by atoms with Gasteiger partial charge in [-0.1, -0.05) is 60.7 Å².